The maximum Gasteiger partial charge on any atom is 0.340 e. The molecule has 3 rings (SSSR count). The van der Waals surface area contributed by atoms with Gasteiger partial charge >= 0.3 is 11.9 Å². The maximum absolute atomic E-state index is 12.1. The van der Waals surface area contributed by atoms with Crippen LogP contribution in [0.2, 0.25) is 0 Å². The molecule has 4 N–H and O–H groups in total. The molecule has 1 saturated carbocycles. The largest absolute Gasteiger partial charge is 0.453 e. The number of carbonyl (C=O) groups is 2. The second kappa shape index (κ2) is 8.40. The van der Waals surface area contributed by atoms with E-state index in [4.69, 9.17) is 9.47 Å². The van der Waals surface area contributed by atoms with Crippen LogP contribution in [0.15, 0.2) is 49.1 Å². The fourth-order valence-corrected chi connectivity index (χ4v) is 2.81. The SMILES string of the molecule is O=C(OC1[C@@H](O)[C@@H](O)C(OC(=O)c2cccnc2)[C@H](O)[C@@H]1O)c1cccnc1. The first-order valence-corrected chi connectivity index (χ1v) is 8.34. The van der Waals surface area contributed by atoms with E-state index in [-0.39, 0.29) is 11.1 Å². The number of aromatic nitrogens is 2. The average Bonchev–Trinajstić information content (AvgIpc) is 2.73. The van der Waals surface area contributed by atoms with Crippen LogP contribution in [-0.2, 0) is 9.47 Å². The summed E-state index contributed by atoms with van der Waals surface area (Å²) in [6.07, 6.45) is -5.24. The van der Waals surface area contributed by atoms with Crippen molar-refractivity contribution in [2.75, 3.05) is 0 Å². The number of rotatable bonds is 4. The lowest BCUT2D eigenvalue weighted by Gasteiger charge is -2.42. The minimum absolute atomic E-state index is 0.0519. The zero-order valence-corrected chi connectivity index (χ0v) is 14.4. The van der Waals surface area contributed by atoms with Gasteiger partial charge in [-0.1, -0.05) is 0 Å². The van der Waals surface area contributed by atoms with E-state index in [1.165, 1.54) is 49.1 Å². The molecule has 0 saturated heterocycles. The van der Waals surface area contributed by atoms with E-state index in [1.54, 1.807) is 0 Å². The Morgan fingerprint density at radius 1 is 0.714 bits per heavy atom. The standard InChI is InChI=1S/C18H18N2O8/c21-11-13(23)16(28-18(26)10-4-2-6-20-8-10)14(24)12(22)15(11)27-17(25)9-3-1-5-19-7-9/h1-8,11-16,21-24H/t11-,12-,13+,14+,15?,16?. The lowest BCUT2D eigenvalue weighted by atomic mass is 9.84. The van der Waals surface area contributed by atoms with Crippen LogP contribution < -0.4 is 0 Å². The number of hydrogen-bond donors (Lipinski definition) is 4. The predicted molar refractivity (Wildman–Crippen MR) is 90.9 cm³/mol. The predicted octanol–water partition coefficient (Wildman–Crippen LogP) is -1.32. The van der Waals surface area contributed by atoms with Gasteiger partial charge in [0.2, 0.25) is 0 Å². The van der Waals surface area contributed by atoms with Crippen molar-refractivity contribution < 1.29 is 39.5 Å². The molecule has 10 nitrogen and oxygen atoms in total. The molecule has 0 aromatic carbocycles. The number of ether oxygens (including phenoxy) is 2. The highest BCUT2D eigenvalue weighted by Crippen LogP contribution is 2.27. The highest BCUT2D eigenvalue weighted by Gasteiger charge is 2.52. The summed E-state index contributed by atoms with van der Waals surface area (Å²) in [4.78, 5) is 31.7. The quantitative estimate of drug-likeness (QED) is 0.461. The molecule has 1 aliphatic carbocycles. The summed E-state index contributed by atoms with van der Waals surface area (Å²) in [5, 5.41) is 41.0. The Balaban J connectivity index is 1.72. The van der Waals surface area contributed by atoms with E-state index < -0.39 is 48.6 Å². The average molecular weight is 390 g/mol. The van der Waals surface area contributed by atoms with E-state index in [0.29, 0.717) is 0 Å². The summed E-state index contributed by atoms with van der Waals surface area (Å²) in [5.41, 5.74) is 0.104. The van der Waals surface area contributed by atoms with Crippen LogP contribution in [0, 0.1) is 0 Å². The summed E-state index contributed by atoms with van der Waals surface area (Å²) < 4.78 is 10.1. The zero-order valence-electron chi connectivity index (χ0n) is 14.4. The van der Waals surface area contributed by atoms with E-state index >= 15 is 0 Å². The van der Waals surface area contributed by atoms with E-state index in [0.717, 1.165) is 0 Å². The van der Waals surface area contributed by atoms with Gasteiger partial charge < -0.3 is 29.9 Å². The fraction of sp³-hybridized carbons (Fsp3) is 0.333. The van der Waals surface area contributed by atoms with E-state index in [2.05, 4.69) is 9.97 Å². The van der Waals surface area contributed by atoms with Gasteiger partial charge in [0.1, 0.15) is 24.4 Å². The molecular formula is C18H18N2O8. The normalized spacial score (nSPS) is 29.7. The molecule has 2 heterocycles. The Morgan fingerprint density at radius 3 is 1.36 bits per heavy atom. The van der Waals surface area contributed by atoms with Gasteiger partial charge in [0.25, 0.3) is 0 Å². The summed E-state index contributed by atoms with van der Waals surface area (Å²) in [7, 11) is 0. The maximum atomic E-state index is 12.1. The number of aliphatic hydroxyl groups excluding tert-OH is 4. The first-order valence-electron chi connectivity index (χ1n) is 8.34. The van der Waals surface area contributed by atoms with Crippen LogP contribution in [0.1, 0.15) is 20.7 Å². The third kappa shape index (κ3) is 3.99. The van der Waals surface area contributed by atoms with Gasteiger partial charge in [0.05, 0.1) is 11.1 Å². The van der Waals surface area contributed by atoms with Crippen molar-refractivity contribution in [3.05, 3.63) is 60.2 Å². The van der Waals surface area contributed by atoms with Crippen LogP contribution in [0.5, 0.6) is 0 Å². The number of pyridine rings is 2. The molecule has 1 aliphatic rings. The molecule has 0 bridgehead atoms. The van der Waals surface area contributed by atoms with Crippen molar-refractivity contribution in [1.82, 2.24) is 9.97 Å². The molecule has 0 amide bonds. The summed E-state index contributed by atoms with van der Waals surface area (Å²) >= 11 is 0. The molecule has 10 heteroatoms. The summed E-state index contributed by atoms with van der Waals surface area (Å²) in [6.45, 7) is 0. The number of carbonyl (C=O) groups excluding carboxylic acids is 2. The number of nitrogens with zero attached hydrogens (tertiary/aromatic N) is 2. The van der Waals surface area contributed by atoms with Gasteiger partial charge in [0, 0.05) is 24.8 Å². The minimum atomic E-state index is -1.81. The van der Waals surface area contributed by atoms with E-state index in [9.17, 15) is 30.0 Å². The zero-order chi connectivity index (χ0) is 20.3. The Labute approximate surface area is 159 Å². The van der Waals surface area contributed by atoms with Crippen molar-refractivity contribution >= 4 is 11.9 Å². The Morgan fingerprint density at radius 2 is 1.07 bits per heavy atom. The summed E-state index contributed by atoms with van der Waals surface area (Å²) in [5.74, 6) is -1.83. The topological polar surface area (TPSA) is 159 Å². The second-order valence-electron chi connectivity index (χ2n) is 6.19. The van der Waals surface area contributed by atoms with Gasteiger partial charge in [-0.25, -0.2) is 9.59 Å². The third-order valence-corrected chi connectivity index (χ3v) is 4.33. The lowest BCUT2D eigenvalue weighted by Crippen LogP contribution is -2.65. The van der Waals surface area contributed by atoms with Gasteiger partial charge in [-0.15, -0.1) is 0 Å². The van der Waals surface area contributed by atoms with Crippen LogP contribution in [0.3, 0.4) is 0 Å². The van der Waals surface area contributed by atoms with Gasteiger partial charge in [-0.05, 0) is 24.3 Å². The highest BCUT2D eigenvalue weighted by atomic mass is 16.6. The monoisotopic (exact) mass is 390 g/mol. The minimum Gasteiger partial charge on any atom is -0.453 e. The summed E-state index contributed by atoms with van der Waals surface area (Å²) in [6, 6.07) is 5.79. The highest BCUT2D eigenvalue weighted by molar-refractivity contribution is 5.89. The fourth-order valence-electron chi connectivity index (χ4n) is 2.81. The molecule has 0 radical (unpaired) electrons. The third-order valence-electron chi connectivity index (χ3n) is 4.33. The molecule has 0 spiro atoms. The lowest BCUT2D eigenvalue weighted by molar-refractivity contribution is -0.223. The van der Waals surface area contributed by atoms with Gasteiger partial charge in [-0.3, -0.25) is 9.97 Å². The Bertz CT molecular complexity index is 733. The molecule has 148 valence electrons. The molecule has 0 unspecified atom stereocenters. The van der Waals surface area contributed by atoms with Gasteiger partial charge in [-0.2, -0.15) is 0 Å². The van der Waals surface area contributed by atoms with Crippen molar-refractivity contribution in [3.63, 3.8) is 0 Å². The van der Waals surface area contributed by atoms with Crippen molar-refractivity contribution in [2.45, 2.75) is 36.6 Å². The van der Waals surface area contributed by atoms with Crippen molar-refractivity contribution in [3.8, 4) is 0 Å². The van der Waals surface area contributed by atoms with Crippen LogP contribution in [0.25, 0.3) is 0 Å². The Kier molecular flexibility index (Phi) is 5.95. The molecule has 0 aliphatic heterocycles. The van der Waals surface area contributed by atoms with Crippen LogP contribution in [0.4, 0.5) is 0 Å². The second-order valence-corrected chi connectivity index (χ2v) is 6.19. The number of esters is 2. The van der Waals surface area contributed by atoms with Crippen molar-refractivity contribution in [1.29, 1.82) is 0 Å². The first kappa shape index (κ1) is 19.8. The molecule has 28 heavy (non-hydrogen) atoms. The Hall–Kier alpha value is -2.92. The molecule has 2 aromatic rings. The molecule has 1 fully saturated rings. The van der Waals surface area contributed by atoms with E-state index in [1.807, 2.05) is 0 Å². The van der Waals surface area contributed by atoms with Crippen molar-refractivity contribution in [2.24, 2.45) is 0 Å². The number of hydrogen-bond acceptors (Lipinski definition) is 10. The first-order chi connectivity index (χ1) is 13.4. The number of aliphatic hydroxyl groups is 4. The molecular weight excluding hydrogens is 372 g/mol. The molecule has 2 aromatic heterocycles. The van der Waals surface area contributed by atoms with Gasteiger partial charge in [0.15, 0.2) is 12.2 Å². The van der Waals surface area contributed by atoms with Crippen LogP contribution >= 0.6 is 0 Å². The smallest absolute Gasteiger partial charge is 0.340 e. The van der Waals surface area contributed by atoms with Crippen LogP contribution in [-0.4, -0.2) is 79.0 Å². The molecule has 4 atom stereocenters.